The van der Waals surface area contributed by atoms with E-state index in [1.165, 1.54) is 5.56 Å². The second-order valence-corrected chi connectivity index (χ2v) is 7.75. The zero-order valence-corrected chi connectivity index (χ0v) is 15.7. The molecule has 1 aromatic heterocycles. The highest BCUT2D eigenvalue weighted by Gasteiger charge is 2.26. The Morgan fingerprint density at radius 2 is 1.81 bits per heavy atom. The van der Waals surface area contributed by atoms with Crippen molar-refractivity contribution in [1.29, 1.82) is 0 Å². The molecule has 2 amide bonds. The molecular formula is C21H26N4O2. The monoisotopic (exact) mass is 366 g/mol. The maximum atomic E-state index is 12.5. The third-order valence-electron chi connectivity index (χ3n) is 5.57. The van der Waals surface area contributed by atoms with Gasteiger partial charge in [0.05, 0.1) is 0 Å². The van der Waals surface area contributed by atoms with Gasteiger partial charge in [-0.05, 0) is 55.7 Å². The van der Waals surface area contributed by atoms with Crippen molar-refractivity contribution in [1.82, 2.24) is 19.8 Å². The van der Waals surface area contributed by atoms with Crippen molar-refractivity contribution in [2.75, 3.05) is 13.1 Å². The first-order valence-corrected chi connectivity index (χ1v) is 9.76. The highest BCUT2D eigenvalue weighted by atomic mass is 16.2. The van der Waals surface area contributed by atoms with E-state index in [1.807, 2.05) is 24.1 Å². The van der Waals surface area contributed by atoms with E-state index in [1.54, 1.807) is 17.0 Å². The van der Waals surface area contributed by atoms with Crippen LogP contribution >= 0.6 is 0 Å². The van der Waals surface area contributed by atoms with Gasteiger partial charge in [0.1, 0.15) is 0 Å². The molecule has 2 aliphatic rings. The van der Waals surface area contributed by atoms with Gasteiger partial charge in [-0.1, -0.05) is 12.1 Å². The van der Waals surface area contributed by atoms with Gasteiger partial charge in [-0.2, -0.15) is 0 Å². The largest absolute Gasteiger partial charge is 0.349 e. The van der Waals surface area contributed by atoms with Gasteiger partial charge >= 0.3 is 0 Å². The molecule has 0 unspecified atom stereocenters. The van der Waals surface area contributed by atoms with Crippen molar-refractivity contribution in [3.8, 4) is 0 Å². The second kappa shape index (κ2) is 7.55. The fourth-order valence-corrected chi connectivity index (χ4v) is 3.68. The normalized spacial score (nSPS) is 17.7. The molecule has 0 bridgehead atoms. The van der Waals surface area contributed by atoms with Crippen molar-refractivity contribution in [2.24, 2.45) is 13.0 Å². The van der Waals surface area contributed by atoms with Crippen LogP contribution in [0.4, 0.5) is 0 Å². The fraction of sp³-hybridized carbons (Fsp3) is 0.476. The van der Waals surface area contributed by atoms with Gasteiger partial charge in [0.2, 0.25) is 0 Å². The molecule has 4 rings (SSSR count). The Kier molecular flexibility index (Phi) is 4.97. The van der Waals surface area contributed by atoms with Crippen LogP contribution in [0.3, 0.4) is 0 Å². The smallest absolute Gasteiger partial charge is 0.289 e. The lowest BCUT2D eigenvalue weighted by molar-refractivity contribution is 0.0674. The van der Waals surface area contributed by atoms with E-state index in [0.29, 0.717) is 17.8 Å². The lowest BCUT2D eigenvalue weighted by Crippen LogP contribution is -2.39. The molecule has 2 heterocycles. The molecular weight excluding hydrogens is 340 g/mol. The summed E-state index contributed by atoms with van der Waals surface area (Å²) in [6.07, 6.45) is 8.66. The predicted octanol–water partition coefficient (Wildman–Crippen LogP) is 2.41. The van der Waals surface area contributed by atoms with Crippen LogP contribution in [0.1, 0.15) is 52.2 Å². The van der Waals surface area contributed by atoms with Gasteiger partial charge in [-0.25, -0.2) is 4.98 Å². The number of carbonyl (C=O) groups is 2. The molecule has 1 aliphatic heterocycles. The summed E-state index contributed by atoms with van der Waals surface area (Å²) in [6, 6.07) is 8.36. The lowest BCUT2D eigenvalue weighted by atomic mass is 9.90. The molecule has 2 fully saturated rings. The average Bonchev–Trinajstić information content (AvgIpc) is 3.40. The maximum Gasteiger partial charge on any atom is 0.289 e. The first-order valence-electron chi connectivity index (χ1n) is 9.76. The van der Waals surface area contributed by atoms with E-state index in [-0.39, 0.29) is 11.8 Å². The highest BCUT2D eigenvalue weighted by molar-refractivity contribution is 5.94. The highest BCUT2D eigenvalue weighted by Crippen LogP contribution is 2.23. The van der Waals surface area contributed by atoms with E-state index in [2.05, 4.69) is 22.4 Å². The number of benzene rings is 1. The Morgan fingerprint density at radius 3 is 2.41 bits per heavy atom. The summed E-state index contributed by atoms with van der Waals surface area (Å²) in [7, 11) is 1.85. The molecule has 2 aromatic rings. The van der Waals surface area contributed by atoms with E-state index < -0.39 is 0 Å². The van der Waals surface area contributed by atoms with Crippen LogP contribution in [0.2, 0.25) is 0 Å². The van der Waals surface area contributed by atoms with Gasteiger partial charge in [0, 0.05) is 44.1 Å². The van der Waals surface area contributed by atoms with Crippen molar-refractivity contribution in [2.45, 2.75) is 38.1 Å². The number of nitrogens with zero attached hydrogens (tertiary/aromatic N) is 3. The van der Waals surface area contributed by atoms with Gasteiger partial charge in [-0.3, -0.25) is 9.59 Å². The summed E-state index contributed by atoms with van der Waals surface area (Å²) in [4.78, 5) is 30.7. The summed E-state index contributed by atoms with van der Waals surface area (Å²) >= 11 is 0. The summed E-state index contributed by atoms with van der Waals surface area (Å²) in [5, 5.41) is 3.02. The number of carbonyl (C=O) groups excluding carboxylic acids is 2. The van der Waals surface area contributed by atoms with Crippen molar-refractivity contribution >= 4 is 11.8 Å². The van der Waals surface area contributed by atoms with Crippen LogP contribution in [0.5, 0.6) is 0 Å². The Balaban J connectivity index is 1.28. The maximum absolute atomic E-state index is 12.5. The van der Waals surface area contributed by atoms with Crippen LogP contribution in [0.25, 0.3) is 0 Å². The van der Waals surface area contributed by atoms with Crippen LogP contribution in [0, 0.1) is 5.92 Å². The van der Waals surface area contributed by atoms with E-state index in [9.17, 15) is 9.59 Å². The molecule has 6 heteroatoms. The minimum absolute atomic E-state index is 0.0204. The number of aromatic nitrogens is 2. The summed E-state index contributed by atoms with van der Waals surface area (Å²) < 4.78 is 1.77. The lowest BCUT2D eigenvalue weighted by Gasteiger charge is -2.31. The average molecular weight is 366 g/mol. The molecule has 1 saturated carbocycles. The van der Waals surface area contributed by atoms with Crippen molar-refractivity contribution < 1.29 is 9.59 Å². The number of aryl methyl sites for hydroxylation is 1. The molecule has 1 saturated heterocycles. The van der Waals surface area contributed by atoms with E-state index in [4.69, 9.17) is 0 Å². The molecule has 0 atom stereocenters. The van der Waals surface area contributed by atoms with Crippen LogP contribution < -0.4 is 5.32 Å². The second-order valence-electron chi connectivity index (χ2n) is 7.75. The molecule has 0 radical (unpaired) electrons. The molecule has 0 spiro atoms. The Bertz CT molecular complexity index is 815. The Morgan fingerprint density at radius 1 is 1.11 bits per heavy atom. The summed E-state index contributed by atoms with van der Waals surface area (Å²) in [5.41, 5.74) is 1.99. The number of imidazole rings is 1. The number of nitrogens with one attached hydrogen (secondary N) is 1. The standard InChI is InChI=1S/C21H26N4O2/c1-24-13-10-22-19(24)21(27)25-11-8-16(9-12-25)14-15-2-4-17(5-3-15)20(26)23-18-6-7-18/h2-5,10,13,16,18H,6-9,11-12,14H2,1H3,(H,23,26). The number of hydrogen-bond acceptors (Lipinski definition) is 3. The number of likely N-dealkylation sites (tertiary alicyclic amines) is 1. The molecule has 6 nitrogen and oxygen atoms in total. The number of rotatable bonds is 5. The number of amides is 2. The zero-order chi connectivity index (χ0) is 18.8. The SMILES string of the molecule is Cn1ccnc1C(=O)N1CCC(Cc2ccc(C(=O)NC3CC3)cc2)CC1. The topological polar surface area (TPSA) is 67.2 Å². The molecule has 1 N–H and O–H groups in total. The number of hydrogen-bond donors (Lipinski definition) is 1. The van der Waals surface area contributed by atoms with Crippen molar-refractivity contribution in [3.63, 3.8) is 0 Å². The van der Waals surface area contributed by atoms with E-state index >= 15 is 0 Å². The van der Waals surface area contributed by atoms with Gasteiger partial charge in [0.25, 0.3) is 11.8 Å². The fourth-order valence-electron chi connectivity index (χ4n) is 3.68. The first kappa shape index (κ1) is 17.8. The minimum Gasteiger partial charge on any atom is -0.349 e. The minimum atomic E-state index is 0.0204. The molecule has 1 aliphatic carbocycles. The Hall–Kier alpha value is -2.63. The van der Waals surface area contributed by atoms with Gasteiger partial charge < -0.3 is 14.8 Å². The van der Waals surface area contributed by atoms with Crippen LogP contribution in [-0.4, -0.2) is 45.4 Å². The molecule has 1 aromatic carbocycles. The predicted molar refractivity (Wildman–Crippen MR) is 102 cm³/mol. The molecule has 142 valence electrons. The van der Waals surface area contributed by atoms with E-state index in [0.717, 1.165) is 50.8 Å². The van der Waals surface area contributed by atoms with Gasteiger partial charge in [0.15, 0.2) is 5.82 Å². The number of piperidine rings is 1. The van der Waals surface area contributed by atoms with Crippen molar-refractivity contribution in [3.05, 3.63) is 53.6 Å². The summed E-state index contributed by atoms with van der Waals surface area (Å²) in [5.74, 6) is 1.13. The molecule has 27 heavy (non-hydrogen) atoms. The third-order valence-corrected chi connectivity index (χ3v) is 5.57. The zero-order valence-electron chi connectivity index (χ0n) is 15.7. The quantitative estimate of drug-likeness (QED) is 0.884. The third kappa shape index (κ3) is 4.21. The van der Waals surface area contributed by atoms with Gasteiger partial charge in [-0.15, -0.1) is 0 Å². The van der Waals surface area contributed by atoms with Crippen LogP contribution in [0.15, 0.2) is 36.7 Å². The Labute approximate surface area is 159 Å². The van der Waals surface area contributed by atoms with Crippen LogP contribution in [-0.2, 0) is 13.5 Å². The summed E-state index contributed by atoms with van der Waals surface area (Å²) in [6.45, 7) is 1.55. The first-order chi connectivity index (χ1) is 13.1.